The maximum absolute atomic E-state index is 13.1. The number of carbonyl (C=O) groups is 3. The predicted octanol–water partition coefficient (Wildman–Crippen LogP) is 3.75. The number of hydrogen-bond acceptors (Lipinski definition) is 6. The van der Waals surface area contributed by atoms with Crippen LogP contribution >= 0.6 is 11.6 Å². The number of hydrogen-bond donors (Lipinski definition) is 2. The van der Waals surface area contributed by atoms with E-state index in [4.69, 9.17) is 20.8 Å². The topological polar surface area (TPSA) is 114 Å². The SMILES string of the molecule is CCCCOC1CCN(C(=O)CNC(=O)[C@H](Cc2ccccn2)NC(=O)c2cc3cc(Cl)ccc3o2)CC1. The van der Waals surface area contributed by atoms with E-state index in [-0.39, 0.29) is 30.7 Å². The van der Waals surface area contributed by atoms with Crippen molar-refractivity contribution in [2.75, 3.05) is 26.2 Å². The van der Waals surface area contributed by atoms with Gasteiger partial charge in [0.2, 0.25) is 11.8 Å². The van der Waals surface area contributed by atoms with Crippen molar-refractivity contribution in [3.63, 3.8) is 0 Å². The summed E-state index contributed by atoms with van der Waals surface area (Å²) in [6.07, 6.45) is 5.63. The smallest absolute Gasteiger partial charge is 0.287 e. The third kappa shape index (κ3) is 7.55. The summed E-state index contributed by atoms with van der Waals surface area (Å²) in [6.45, 7) is 3.90. The molecule has 0 bridgehead atoms. The molecule has 0 aliphatic carbocycles. The highest BCUT2D eigenvalue weighted by molar-refractivity contribution is 6.31. The standard InChI is InChI=1S/C28H33ClN4O5/c1-2-3-14-37-22-9-12-33(13-10-22)26(34)18-31-27(35)23(17-21-6-4-5-11-30-21)32-28(36)25-16-19-15-20(29)7-8-24(19)38-25/h4-8,11,15-16,22-23H,2-3,9-10,12-14,17-18H2,1H3,(H,31,35)(H,32,36)/t23-/m0/s1. The highest BCUT2D eigenvalue weighted by Crippen LogP contribution is 2.23. The van der Waals surface area contributed by atoms with Crippen molar-refractivity contribution >= 4 is 40.3 Å². The number of nitrogens with zero attached hydrogens (tertiary/aromatic N) is 2. The minimum Gasteiger partial charge on any atom is -0.451 e. The molecular formula is C28H33ClN4O5. The molecule has 1 aliphatic heterocycles. The molecule has 9 nitrogen and oxygen atoms in total. The molecule has 0 radical (unpaired) electrons. The molecule has 2 N–H and O–H groups in total. The maximum atomic E-state index is 13.1. The lowest BCUT2D eigenvalue weighted by Gasteiger charge is -2.32. The summed E-state index contributed by atoms with van der Waals surface area (Å²) in [5.41, 5.74) is 1.14. The van der Waals surface area contributed by atoms with Gasteiger partial charge in [0.1, 0.15) is 11.6 Å². The van der Waals surface area contributed by atoms with Gasteiger partial charge < -0.3 is 24.7 Å². The van der Waals surface area contributed by atoms with Crippen LogP contribution < -0.4 is 10.6 Å². The fourth-order valence-corrected chi connectivity index (χ4v) is 4.54. The van der Waals surface area contributed by atoms with Crippen molar-refractivity contribution in [1.29, 1.82) is 0 Å². The van der Waals surface area contributed by atoms with Crippen LogP contribution in [-0.2, 0) is 20.7 Å². The first-order valence-corrected chi connectivity index (χ1v) is 13.4. The van der Waals surface area contributed by atoms with Gasteiger partial charge in [-0.2, -0.15) is 0 Å². The molecule has 2 aromatic heterocycles. The van der Waals surface area contributed by atoms with E-state index in [9.17, 15) is 14.4 Å². The second kappa shape index (κ2) is 13.4. The van der Waals surface area contributed by atoms with E-state index in [0.717, 1.165) is 32.3 Å². The number of ether oxygens (including phenoxy) is 1. The van der Waals surface area contributed by atoms with E-state index in [1.807, 2.05) is 0 Å². The molecule has 0 saturated carbocycles. The summed E-state index contributed by atoms with van der Waals surface area (Å²) in [5, 5.41) is 6.63. The Balaban J connectivity index is 1.35. The number of piperidine rings is 1. The Bertz CT molecular complexity index is 1240. The van der Waals surface area contributed by atoms with E-state index < -0.39 is 17.9 Å². The van der Waals surface area contributed by atoms with Gasteiger partial charge in [0.15, 0.2) is 5.76 Å². The van der Waals surface area contributed by atoms with Gasteiger partial charge in [0, 0.05) is 48.4 Å². The molecule has 1 fully saturated rings. The third-order valence-corrected chi connectivity index (χ3v) is 6.76. The number of likely N-dealkylation sites (tertiary alicyclic amines) is 1. The molecule has 1 aliphatic rings. The minimum absolute atomic E-state index is 0.0567. The number of pyridine rings is 1. The lowest BCUT2D eigenvalue weighted by atomic mass is 10.1. The van der Waals surface area contributed by atoms with Crippen LogP contribution in [0.15, 0.2) is 53.1 Å². The predicted molar refractivity (Wildman–Crippen MR) is 144 cm³/mol. The first-order valence-electron chi connectivity index (χ1n) is 13.0. The molecule has 1 saturated heterocycles. The molecule has 0 spiro atoms. The van der Waals surface area contributed by atoms with Gasteiger partial charge in [-0.3, -0.25) is 19.4 Å². The average Bonchev–Trinajstić information content (AvgIpc) is 3.36. The highest BCUT2D eigenvalue weighted by Gasteiger charge is 2.27. The molecule has 10 heteroatoms. The zero-order valence-corrected chi connectivity index (χ0v) is 22.2. The van der Waals surface area contributed by atoms with E-state index in [2.05, 4.69) is 22.5 Å². The van der Waals surface area contributed by atoms with Crippen molar-refractivity contribution in [3.05, 3.63) is 65.1 Å². The summed E-state index contributed by atoms with van der Waals surface area (Å²) in [4.78, 5) is 44.9. The normalized spacial score (nSPS) is 14.8. The number of unbranched alkanes of at least 4 members (excludes halogenated alkanes) is 1. The zero-order chi connectivity index (χ0) is 26.9. The lowest BCUT2D eigenvalue weighted by molar-refractivity contribution is -0.135. The second-order valence-electron chi connectivity index (χ2n) is 9.37. The molecule has 202 valence electrons. The Morgan fingerprint density at radius 2 is 2.00 bits per heavy atom. The van der Waals surface area contributed by atoms with Crippen LogP contribution in [-0.4, -0.2) is 66.0 Å². The number of benzene rings is 1. The molecule has 38 heavy (non-hydrogen) atoms. The van der Waals surface area contributed by atoms with Crippen molar-refractivity contribution in [2.24, 2.45) is 0 Å². The van der Waals surface area contributed by atoms with Crippen molar-refractivity contribution in [3.8, 4) is 0 Å². The largest absolute Gasteiger partial charge is 0.451 e. The molecule has 1 atom stereocenters. The Hall–Kier alpha value is -3.43. The van der Waals surface area contributed by atoms with Crippen molar-refractivity contribution in [2.45, 2.75) is 51.2 Å². The van der Waals surface area contributed by atoms with Crippen LogP contribution in [0.2, 0.25) is 5.02 Å². The van der Waals surface area contributed by atoms with Gasteiger partial charge in [-0.15, -0.1) is 0 Å². The van der Waals surface area contributed by atoms with Crippen molar-refractivity contribution in [1.82, 2.24) is 20.5 Å². The van der Waals surface area contributed by atoms with E-state index >= 15 is 0 Å². The number of aromatic nitrogens is 1. The van der Waals surface area contributed by atoms with Crippen LogP contribution in [0.5, 0.6) is 0 Å². The first-order chi connectivity index (χ1) is 18.4. The molecular weight excluding hydrogens is 508 g/mol. The lowest BCUT2D eigenvalue weighted by Crippen LogP contribution is -2.51. The monoisotopic (exact) mass is 540 g/mol. The Morgan fingerprint density at radius 3 is 2.74 bits per heavy atom. The number of rotatable bonds is 11. The Kier molecular flexibility index (Phi) is 9.73. The number of fused-ring (bicyclic) bond motifs is 1. The fraction of sp³-hybridized carbons (Fsp3) is 0.429. The summed E-state index contributed by atoms with van der Waals surface area (Å²) in [5.74, 6) is -1.14. The van der Waals surface area contributed by atoms with Gasteiger partial charge in [-0.05, 0) is 55.7 Å². The molecule has 1 aromatic carbocycles. The molecule has 3 amide bonds. The van der Waals surface area contributed by atoms with Crippen LogP contribution in [0.1, 0.15) is 48.9 Å². The summed E-state index contributed by atoms with van der Waals surface area (Å²) < 4.78 is 11.5. The van der Waals surface area contributed by atoms with Crippen molar-refractivity contribution < 1.29 is 23.5 Å². The first kappa shape index (κ1) is 27.6. The van der Waals surface area contributed by atoms with Gasteiger partial charge in [-0.25, -0.2) is 0 Å². The van der Waals surface area contributed by atoms with E-state index in [1.165, 1.54) is 0 Å². The van der Waals surface area contributed by atoms with E-state index in [0.29, 0.717) is 34.8 Å². The van der Waals surface area contributed by atoms with Crippen LogP contribution in [0.3, 0.4) is 0 Å². The number of carbonyl (C=O) groups excluding carboxylic acids is 3. The summed E-state index contributed by atoms with van der Waals surface area (Å²) in [7, 11) is 0. The molecule has 3 heterocycles. The average molecular weight is 541 g/mol. The fourth-order valence-electron chi connectivity index (χ4n) is 4.36. The van der Waals surface area contributed by atoms with Gasteiger partial charge in [0.25, 0.3) is 5.91 Å². The van der Waals surface area contributed by atoms with Gasteiger partial charge in [-0.1, -0.05) is 31.0 Å². The molecule has 0 unspecified atom stereocenters. The van der Waals surface area contributed by atoms with E-state index in [1.54, 1.807) is 53.6 Å². The van der Waals surface area contributed by atoms with Gasteiger partial charge >= 0.3 is 0 Å². The Morgan fingerprint density at radius 1 is 1.18 bits per heavy atom. The second-order valence-corrected chi connectivity index (χ2v) is 9.80. The van der Waals surface area contributed by atoms with Crippen LogP contribution in [0, 0.1) is 0 Å². The Labute approximate surface area is 226 Å². The maximum Gasteiger partial charge on any atom is 0.287 e. The highest BCUT2D eigenvalue weighted by atomic mass is 35.5. The number of furan rings is 1. The van der Waals surface area contributed by atoms with Crippen LogP contribution in [0.25, 0.3) is 11.0 Å². The zero-order valence-electron chi connectivity index (χ0n) is 21.5. The summed E-state index contributed by atoms with van der Waals surface area (Å²) in [6, 6.07) is 11.0. The van der Waals surface area contributed by atoms with Gasteiger partial charge in [0.05, 0.1) is 12.6 Å². The summed E-state index contributed by atoms with van der Waals surface area (Å²) >= 11 is 6.03. The third-order valence-electron chi connectivity index (χ3n) is 6.52. The molecule has 3 aromatic rings. The molecule has 4 rings (SSSR count). The number of nitrogens with one attached hydrogen (secondary N) is 2. The quantitative estimate of drug-likeness (QED) is 0.358. The number of halogens is 1. The minimum atomic E-state index is -0.959. The van der Waals surface area contributed by atoms with Crippen LogP contribution in [0.4, 0.5) is 0 Å². The number of amides is 3.